The fourth-order valence-corrected chi connectivity index (χ4v) is 1.85. The van der Waals surface area contributed by atoms with Crippen molar-refractivity contribution in [3.8, 4) is 12.3 Å². The average Bonchev–Trinajstić information content (AvgIpc) is 2.24. The fraction of sp³-hybridized carbons (Fsp3) is 0.833. The van der Waals surface area contributed by atoms with Gasteiger partial charge in [0, 0.05) is 25.6 Å². The number of ether oxygens (including phenoxy) is 1. The molecule has 0 spiro atoms. The quantitative estimate of drug-likeness (QED) is 0.676. The van der Waals surface area contributed by atoms with E-state index in [4.69, 9.17) is 11.2 Å². The fourth-order valence-electron chi connectivity index (χ4n) is 1.85. The molecule has 0 saturated carbocycles. The van der Waals surface area contributed by atoms with E-state index < -0.39 is 0 Å². The zero-order chi connectivity index (χ0) is 11.1. The van der Waals surface area contributed by atoms with E-state index in [0.717, 1.165) is 39.1 Å². The van der Waals surface area contributed by atoms with E-state index in [1.807, 2.05) is 0 Å². The molecule has 2 atom stereocenters. The first-order valence-electron chi connectivity index (χ1n) is 5.75. The molecule has 1 N–H and O–H groups in total. The van der Waals surface area contributed by atoms with Crippen LogP contribution in [0.25, 0.3) is 0 Å². The van der Waals surface area contributed by atoms with Gasteiger partial charge in [-0.25, -0.2) is 0 Å². The van der Waals surface area contributed by atoms with Crippen molar-refractivity contribution in [1.29, 1.82) is 0 Å². The van der Waals surface area contributed by atoms with Crippen LogP contribution in [0, 0.1) is 12.3 Å². The molecule has 0 amide bonds. The van der Waals surface area contributed by atoms with Gasteiger partial charge in [0.2, 0.25) is 0 Å². The van der Waals surface area contributed by atoms with Crippen LogP contribution in [0.1, 0.15) is 19.8 Å². The zero-order valence-electron chi connectivity index (χ0n) is 9.83. The molecule has 1 aliphatic rings. The number of likely N-dealkylation sites (N-methyl/N-ethyl adjacent to an activating group) is 1. The molecule has 1 fully saturated rings. The summed E-state index contributed by atoms with van der Waals surface area (Å²) in [6.45, 7) is 5.98. The van der Waals surface area contributed by atoms with Crippen molar-refractivity contribution in [2.24, 2.45) is 0 Å². The first-order valence-corrected chi connectivity index (χ1v) is 5.75. The minimum atomic E-state index is 0.242. The summed E-state index contributed by atoms with van der Waals surface area (Å²) in [6, 6.07) is 0.303. The number of rotatable bonds is 5. The molecule has 1 aliphatic heterocycles. The van der Waals surface area contributed by atoms with Crippen molar-refractivity contribution in [2.45, 2.75) is 31.9 Å². The van der Waals surface area contributed by atoms with Crippen LogP contribution in [0.3, 0.4) is 0 Å². The maximum Gasteiger partial charge on any atom is 0.0864 e. The number of morpholine rings is 1. The molecule has 0 bridgehead atoms. The minimum absolute atomic E-state index is 0.242. The highest BCUT2D eigenvalue weighted by Crippen LogP contribution is 2.10. The summed E-state index contributed by atoms with van der Waals surface area (Å²) in [5.74, 6) is 2.73. The topological polar surface area (TPSA) is 24.5 Å². The van der Waals surface area contributed by atoms with Crippen LogP contribution in [0.4, 0.5) is 0 Å². The van der Waals surface area contributed by atoms with Crippen LogP contribution < -0.4 is 5.32 Å². The predicted octanol–water partition coefficient (Wildman–Crippen LogP) is 0.709. The van der Waals surface area contributed by atoms with Gasteiger partial charge in [-0.3, -0.25) is 0 Å². The van der Waals surface area contributed by atoms with Crippen molar-refractivity contribution >= 4 is 0 Å². The van der Waals surface area contributed by atoms with Gasteiger partial charge in [0.05, 0.1) is 12.7 Å². The summed E-state index contributed by atoms with van der Waals surface area (Å²) >= 11 is 0. The maximum atomic E-state index is 5.76. The Bertz CT molecular complexity index is 212. The molecule has 0 radical (unpaired) electrons. The van der Waals surface area contributed by atoms with E-state index in [1.165, 1.54) is 0 Å². The van der Waals surface area contributed by atoms with Gasteiger partial charge in [0.25, 0.3) is 0 Å². The third-order valence-electron chi connectivity index (χ3n) is 2.74. The number of nitrogens with one attached hydrogen (secondary N) is 1. The lowest BCUT2D eigenvalue weighted by Crippen LogP contribution is -2.51. The third kappa shape index (κ3) is 4.21. The third-order valence-corrected chi connectivity index (χ3v) is 2.74. The Hall–Kier alpha value is -0.560. The molecule has 1 saturated heterocycles. The van der Waals surface area contributed by atoms with Gasteiger partial charge in [-0.1, -0.05) is 6.92 Å². The summed E-state index contributed by atoms with van der Waals surface area (Å²) in [4.78, 5) is 2.30. The van der Waals surface area contributed by atoms with Gasteiger partial charge in [-0.15, -0.1) is 12.3 Å². The largest absolute Gasteiger partial charge is 0.374 e. The minimum Gasteiger partial charge on any atom is -0.374 e. The Morgan fingerprint density at radius 1 is 1.67 bits per heavy atom. The molecule has 2 unspecified atom stereocenters. The van der Waals surface area contributed by atoms with E-state index in [-0.39, 0.29) is 6.10 Å². The van der Waals surface area contributed by atoms with Gasteiger partial charge in [0.15, 0.2) is 0 Å². The number of hydrogen-bond donors (Lipinski definition) is 1. The first kappa shape index (κ1) is 12.5. The highest BCUT2D eigenvalue weighted by molar-refractivity contribution is 4.94. The molecule has 0 aliphatic carbocycles. The van der Waals surface area contributed by atoms with Crippen molar-refractivity contribution in [3.05, 3.63) is 0 Å². The van der Waals surface area contributed by atoms with Crippen molar-refractivity contribution < 1.29 is 4.74 Å². The SMILES string of the molecule is C#CCC(NCCC)C1CN(C)CCO1. The highest BCUT2D eigenvalue weighted by Gasteiger charge is 2.25. The standard InChI is InChI=1S/C12H22N2O/c1-4-6-11(13-7-5-2)12-10-14(3)8-9-15-12/h1,11-13H,5-10H2,2-3H3. The number of terminal acetylenes is 1. The molecule has 3 heteroatoms. The second-order valence-corrected chi connectivity index (χ2v) is 4.14. The molecule has 86 valence electrons. The Morgan fingerprint density at radius 3 is 3.07 bits per heavy atom. The Morgan fingerprint density at radius 2 is 2.47 bits per heavy atom. The maximum absolute atomic E-state index is 5.76. The van der Waals surface area contributed by atoms with Gasteiger partial charge in [-0.2, -0.15) is 0 Å². The second kappa shape index (κ2) is 6.84. The van der Waals surface area contributed by atoms with E-state index >= 15 is 0 Å². The average molecular weight is 210 g/mol. The molecule has 1 heterocycles. The monoisotopic (exact) mass is 210 g/mol. The van der Waals surface area contributed by atoms with Gasteiger partial charge in [-0.05, 0) is 20.0 Å². The molecule has 0 aromatic carbocycles. The van der Waals surface area contributed by atoms with Crippen LogP contribution in [0.5, 0.6) is 0 Å². The summed E-state index contributed by atoms with van der Waals surface area (Å²) < 4.78 is 5.76. The molecule has 3 nitrogen and oxygen atoms in total. The van der Waals surface area contributed by atoms with Crippen LogP contribution in [-0.2, 0) is 4.74 Å². The Kier molecular flexibility index (Phi) is 5.70. The summed E-state index contributed by atoms with van der Waals surface area (Å²) in [5, 5.41) is 3.47. The summed E-state index contributed by atoms with van der Waals surface area (Å²) in [6.07, 6.45) is 7.50. The lowest BCUT2D eigenvalue weighted by molar-refractivity contribution is -0.0375. The lowest BCUT2D eigenvalue weighted by atomic mass is 10.1. The molecule has 0 aromatic rings. The Labute approximate surface area is 93.2 Å². The number of hydrogen-bond acceptors (Lipinski definition) is 3. The van der Waals surface area contributed by atoms with Crippen molar-refractivity contribution in [1.82, 2.24) is 10.2 Å². The molecule has 1 rings (SSSR count). The van der Waals surface area contributed by atoms with Crippen LogP contribution in [0.2, 0.25) is 0 Å². The van der Waals surface area contributed by atoms with Crippen LogP contribution in [0.15, 0.2) is 0 Å². The molecular weight excluding hydrogens is 188 g/mol. The summed E-state index contributed by atoms with van der Waals surface area (Å²) in [5.41, 5.74) is 0. The van der Waals surface area contributed by atoms with Crippen molar-refractivity contribution in [2.75, 3.05) is 33.3 Å². The molecular formula is C12H22N2O. The van der Waals surface area contributed by atoms with Gasteiger partial charge < -0.3 is 15.0 Å². The highest BCUT2D eigenvalue weighted by atomic mass is 16.5. The predicted molar refractivity (Wildman–Crippen MR) is 62.8 cm³/mol. The second-order valence-electron chi connectivity index (χ2n) is 4.14. The van der Waals surface area contributed by atoms with E-state index in [9.17, 15) is 0 Å². The van der Waals surface area contributed by atoms with Gasteiger partial charge >= 0.3 is 0 Å². The van der Waals surface area contributed by atoms with Crippen molar-refractivity contribution in [3.63, 3.8) is 0 Å². The summed E-state index contributed by atoms with van der Waals surface area (Å²) in [7, 11) is 2.13. The number of nitrogens with zero attached hydrogens (tertiary/aromatic N) is 1. The smallest absolute Gasteiger partial charge is 0.0864 e. The van der Waals surface area contributed by atoms with Crippen LogP contribution in [-0.4, -0.2) is 50.3 Å². The first-order chi connectivity index (χ1) is 7.27. The van der Waals surface area contributed by atoms with Crippen LogP contribution >= 0.6 is 0 Å². The molecule has 0 aromatic heterocycles. The Balaban J connectivity index is 2.42. The molecule has 15 heavy (non-hydrogen) atoms. The van der Waals surface area contributed by atoms with E-state index in [0.29, 0.717) is 6.04 Å². The normalized spacial score (nSPS) is 24.7. The van der Waals surface area contributed by atoms with E-state index in [2.05, 4.69) is 30.1 Å². The van der Waals surface area contributed by atoms with Gasteiger partial charge in [0.1, 0.15) is 0 Å². The van der Waals surface area contributed by atoms with E-state index in [1.54, 1.807) is 0 Å². The lowest BCUT2D eigenvalue weighted by Gasteiger charge is -2.35. The zero-order valence-corrected chi connectivity index (χ0v) is 9.83.